The van der Waals surface area contributed by atoms with Crippen LogP contribution in [-0.4, -0.2) is 22.8 Å². The zero-order valence-electron chi connectivity index (χ0n) is 14.7. The van der Waals surface area contributed by atoms with Crippen LogP contribution in [0.2, 0.25) is 0 Å². The van der Waals surface area contributed by atoms with Crippen molar-refractivity contribution in [3.63, 3.8) is 0 Å². The molecular weight excluding hydrogens is 312 g/mol. The van der Waals surface area contributed by atoms with E-state index in [-0.39, 0.29) is 17.9 Å². The number of carbonyl (C=O) groups excluding carboxylic acids is 2. The summed E-state index contributed by atoms with van der Waals surface area (Å²) >= 11 is 0. The number of hydrogen-bond acceptors (Lipinski definition) is 3. The number of anilines is 1. The Kier molecular flexibility index (Phi) is 4.70. The van der Waals surface area contributed by atoms with E-state index in [1.54, 1.807) is 0 Å². The SMILES string of the molecule is CCc1ccc(NC2=C(c3ccccc3)C(=O)N(C(C)C)C2=O)cc1. The average Bonchev–Trinajstić information content (AvgIpc) is 2.86. The van der Waals surface area contributed by atoms with Crippen LogP contribution in [0.5, 0.6) is 0 Å². The molecular formula is C21H22N2O2. The maximum absolute atomic E-state index is 12.9. The molecule has 0 spiro atoms. The van der Waals surface area contributed by atoms with E-state index in [2.05, 4.69) is 12.2 Å². The van der Waals surface area contributed by atoms with Crippen molar-refractivity contribution < 1.29 is 9.59 Å². The zero-order chi connectivity index (χ0) is 18.0. The Labute approximate surface area is 148 Å². The van der Waals surface area contributed by atoms with Gasteiger partial charge < -0.3 is 5.32 Å². The fraction of sp³-hybridized carbons (Fsp3) is 0.238. The number of rotatable bonds is 5. The minimum Gasteiger partial charge on any atom is -0.350 e. The van der Waals surface area contributed by atoms with Gasteiger partial charge in [0.1, 0.15) is 5.70 Å². The van der Waals surface area contributed by atoms with Gasteiger partial charge in [-0.2, -0.15) is 0 Å². The first-order valence-electron chi connectivity index (χ1n) is 8.56. The molecule has 3 rings (SSSR count). The van der Waals surface area contributed by atoms with Crippen LogP contribution in [0.15, 0.2) is 60.3 Å². The lowest BCUT2D eigenvalue weighted by Gasteiger charge is -2.19. The predicted molar refractivity (Wildman–Crippen MR) is 99.8 cm³/mol. The standard InChI is InChI=1S/C21H22N2O2/c1-4-15-10-12-17(13-11-15)22-19-18(16-8-6-5-7-9-16)20(24)23(14(2)3)21(19)25/h5-14,22H,4H2,1-3H3. The van der Waals surface area contributed by atoms with Crippen LogP contribution >= 0.6 is 0 Å². The zero-order valence-corrected chi connectivity index (χ0v) is 14.7. The summed E-state index contributed by atoms with van der Waals surface area (Å²) < 4.78 is 0. The quantitative estimate of drug-likeness (QED) is 0.845. The highest BCUT2D eigenvalue weighted by atomic mass is 16.2. The monoisotopic (exact) mass is 334 g/mol. The molecule has 1 heterocycles. The van der Waals surface area contributed by atoms with Crippen molar-refractivity contribution in [2.75, 3.05) is 5.32 Å². The van der Waals surface area contributed by atoms with Crippen LogP contribution in [0.3, 0.4) is 0 Å². The van der Waals surface area contributed by atoms with Gasteiger partial charge in [0.25, 0.3) is 11.8 Å². The molecule has 25 heavy (non-hydrogen) atoms. The first kappa shape index (κ1) is 17.0. The Balaban J connectivity index is 2.04. The number of hydrogen-bond donors (Lipinski definition) is 1. The molecule has 4 nitrogen and oxygen atoms in total. The normalized spacial score (nSPS) is 14.6. The van der Waals surface area contributed by atoms with Gasteiger partial charge in [0.15, 0.2) is 0 Å². The first-order valence-corrected chi connectivity index (χ1v) is 8.56. The minimum atomic E-state index is -0.279. The number of nitrogens with one attached hydrogen (secondary N) is 1. The Morgan fingerprint density at radius 2 is 1.56 bits per heavy atom. The van der Waals surface area contributed by atoms with Crippen LogP contribution in [-0.2, 0) is 16.0 Å². The van der Waals surface area contributed by atoms with Crippen LogP contribution in [0.25, 0.3) is 5.57 Å². The molecule has 0 atom stereocenters. The average molecular weight is 334 g/mol. The summed E-state index contributed by atoms with van der Waals surface area (Å²) in [5.41, 5.74) is 3.54. The van der Waals surface area contributed by atoms with Crippen molar-refractivity contribution in [1.82, 2.24) is 4.90 Å². The number of aryl methyl sites for hydroxylation is 1. The minimum absolute atomic E-state index is 0.194. The van der Waals surface area contributed by atoms with Gasteiger partial charge in [0.05, 0.1) is 5.57 Å². The van der Waals surface area contributed by atoms with E-state index in [0.717, 1.165) is 17.7 Å². The lowest BCUT2D eigenvalue weighted by molar-refractivity contribution is -0.138. The van der Waals surface area contributed by atoms with E-state index >= 15 is 0 Å². The fourth-order valence-corrected chi connectivity index (χ4v) is 2.97. The molecule has 0 unspecified atom stereocenters. The molecule has 0 fully saturated rings. The molecule has 0 aliphatic carbocycles. The topological polar surface area (TPSA) is 49.4 Å². The molecule has 0 saturated heterocycles. The van der Waals surface area contributed by atoms with E-state index in [0.29, 0.717) is 11.3 Å². The van der Waals surface area contributed by atoms with E-state index in [1.807, 2.05) is 68.4 Å². The summed E-state index contributed by atoms with van der Waals surface area (Å²) in [5, 5.41) is 3.17. The molecule has 1 N–H and O–H groups in total. The predicted octanol–water partition coefficient (Wildman–Crippen LogP) is 3.85. The van der Waals surface area contributed by atoms with Crippen molar-refractivity contribution in [2.45, 2.75) is 33.2 Å². The number of amides is 2. The lowest BCUT2D eigenvalue weighted by atomic mass is 10.0. The molecule has 0 saturated carbocycles. The third kappa shape index (κ3) is 3.20. The maximum Gasteiger partial charge on any atom is 0.278 e. The van der Waals surface area contributed by atoms with Crippen molar-refractivity contribution in [3.05, 3.63) is 71.4 Å². The van der Waals surface area contributed by atoms with Crippen LogP contribution < -0.4 is 5.32 Å². The van der Waals surface area contributed by atoms with E-state index < -0.39 is 0 Å². The number of imide groups is 1. The highest BCUT2D eigenvalue weighted by Crippen LogP contribution is 2.31. The van der Waals surface area contributed by atoms with E-state index in [4.69, 9.17) is 0 Å². The molecule has 0 aromatic heterocycles. The summed E-state index contributed by atoms with van der Waals surface area (Å²) in [6.45, 7) is 5.78. The van der Waals surface area contributed by atoms with Crippen LogP contribution in [0, 0.1) is 0 Å². The molecule has 1 aliphatic rings. The maximum atomic E-state index is 12.9. The van der Waals surface area contributed by atoms with E-state index in [1.165, 1.54) is 10.5 Å². The highest BCUT2D eigenvalue weighted by Gasteiger charge is 2.40. The molecule has 4 heteroatoms. The summed E-state index contributed by atoms with van der Waals surface area (Å²) in [5.74, 6) is -0.530. The number of carbonyl (C=O) groups is 2. The summed E-state index contributed by atoms with van der Waals surface area (Å²) in [6.07, 6.45) is 0.955. The van der Waals surface area contributed by atoms with Gasteiger partial charge in [0.2, 0.25) is 0 Å². The number of nitrogens with zero attached hydrogens (tertiary/aromatic N) is 1. The largest absolute Gasteiger partial charge is 0.350 e. The molecule has 1 aliphatic heterocycles. The van der Waals surface area contributed by atoms with Gasteiger partial charge in [0, 0.05) is 11.7 Å². The van der Waals surface area contributed by atoms with E-state index in [9.17, 15) is 9.59 Å². The lowest BCUT2D eigenvalue weighted by Crippen LogP contribution is -2.38. The van der Waals surface area contributed by atoms with Crippen LogP contribution in [0.1, 0.15) is 31.9 Å². The van der Waals surface area contributed by atoms with Crippen LogP contribution in [0.4, 0.5) is 5.69 Å². The number of benzene rings is 2. The van der Waals surface area contributed by atoms with Crippen molar-refractivity contribution >= 4 is 23.1 Å². The van der Waals surface area contributed by atoms with Gasteiger partial charge in [-0.3, -0.25) is 14.5 Å². The first-order chi connectivity index (χ1) is 12.0. The van der Waals surface area contributed by atoms with Gasteiger partial charge >= 0.3 is 0 Å². The Morgan fingerprint density at radius 1 is 0.920 bits per heavy atom. The van der Waals surface area contributed by atoms with Crippen molar-refractivity contribution in [3.8, 4) is 0 Å². The summed E-state index contributed by atoms with van der Waals surface area (Å²) in [7, 11) is 0. The van der Waals surface area contributed by atoms with Gasteiger partial charge in [-0.15, -0.1) is 0 Å². The second-order valence-electron chi connectivity index (χ2n) is 6.37. The van der Waals surface area contributed by atoms with Gasteiger partial charge in [-0.1, -0.05) is 49.4 Å². The van der Waals surface area contributed by atoms with Crippen molar-refractivity contribution in [1.29, 1.82) is 0 Å². The Bertz CT molecular complexity index is 821. The summed E-state index contributed by atoms with van der Waals surface area (Å²) in [6, 6.07) is 17.0. The summed E-state index contributed by atoms with van der Waals surface area (Å²) in [4.78, 5) is 27.0. The smallest absolute Gasteiger partial charge is 0.278 e. The second kappa shape index (κ2) is 6.93. The third-order valence-corrected chi connectivity index (χ3v) is 4.33. The Morgan fingerprint density at radius 3 is 2.12 bits per heavy atom. The van der Waals surface area contributed by atoms with Crippen molar-refractivity contribution in [2.24, 2.45) is 0 Å². The third-order valence-electron chi connectivity index (χ3n) is 4.33. The van der Waals surface area contributed by atoms with Gasteiger partial charge in [-0.05, 0) is 43.5 Å². The van der Waals surface area contributed by atoms with Gasteiger partial charge in [-0.25, -0.2) is 0 Å². The molecule has 2 amide bonds. The molecule has 2 aromatic rings. The Hall–Kier alpha value is -2.88. The molecule has 2 aromatic carbocycles. The fourth-order valence-electron chi connectivity index (χ4n) is 2.97. The second-order valence-corrected chi connectivity index (χ2v) is 6.37. The molecule has 0 bridgehead atoms. The molecule has 0 radical (unpaired) electrons. The molecule has 128 valence electrons. The highest BCUT2D eigenvalue weighted by molar-refractivity contribution is 6.36.